The van der Waals surface area contributed by atoms with E-state index in [1.807, 2.05) is 0 Å². The lowest BCUT2D eigenvalue weighted by Crippen LogP contribution is -2.61. The van der Waals surface area contributed by atoms with Crippen molar-refractivity contribution in [3.8, 4) is 0 Å². The number of nitrogens with zero attached hydrogens (tertiary/aromatic N) is 2. The topological polar surface area (TPSA) is 197 Å². The maximum absolute atomic E-state index is 13.0. The third-order valence-corrected chi connectivity index (χ3v) is 4.38. The van der Waals surface area contributed by atoms with Crippen LogP contribution < -0.4 is 33.0 Å². The highest BCUT2D eigenvalue weighted by atomic mass is 16.3. The molecule has 0 aliphatic carbocycles. The number of unbranched alkanes of at least 4 members (excludes halogenated alkanes) is 1. The average molecular weight is 369 g/mol. The molecular formula is C15H27N7O4. The molecule has 2 rings (SSSR count). The van der Waals surface area contributed by atoms with Crippen LogP contribution in [0.2, 0.25) is 0 Å². The van der Waals surface area contributed by atoms with E-state index in [4.69, 9.17) is 17.2 Å². The van der Waals surface area contributed by atoms with Gasteiger partial charge in [-0.15, -0.1) is 0 Å². The number of aromatic amines is 1. The lowest BCUT2D eigenvalue weighted by atomic mass is 9.99. The molecule has 26 heavy (non-hydrogen) atoms. The number of rotatable bonds is 7. The van der Waals surface area contributed by atoms with Gasteiger partial charge in [-0.1, -0.05) is 6.42 Å². The molecule has 0 spiro atoms. The van der Waals surface area contributed by atoms with Gasteiger partial charge in [0.2, 0.25) is 11.9 Å². The SMILES string of the molecule is CC(O)C(O)C1CNc2nc(N)[nH]c(=O)c2N1C(=O)C(N)CCCCN. The van der Waals surface area contributed by atoms with Gasteiger partial charge in [-0.25, -0.2) is 0 Å². The van der Waals surface area contributed by atoms with E-state index in [1.165, 1.54) is 6.92 Å². The summed E-state index contributed by atoms with van der Waals surface area (Å²) < 4.78 is 0. The van der Waals surface area contributed by atoms with Gasteiger partial charge in [-0.2, -0.15) is 4.98 Å². The Morgan fingerprint density at radius 2 is 2.12 bits per heavy atom. The molecule has 2 heterocycles. The summed E-state index contributed by atoms with van der Waals surface area (Å²) in [5, 5.41) is 23.0. The van der Waals surface area contributed by atoms with Crippen molar-refractivity contribution >= 4 is 23.4 Å². The predicted molar refractivity (Wildman–Crippen MR) is 97.6 cm³/mol. The van der Waals surface area contributed by atoms with Gasteiger partial charge < -0.3 is 32.7 Å². The van der Waals surface area contributed by atoms with Crippen molar-refractivity contribution in [3.05, 3.63) is 10.4 Å². The second kappa shape index (κ2) is 8.45. The zero-order valence-electron chi connectivity index (χ0n) is 14.7. The first-order valence-electron chi connectivity index (χ1n) is 8.56. The number of amides is 1. The van der Waals surface area contributed by atoms with Crippen LogP contribution in [0.15, 0.2) is 4.79 Å². The molecule has 1 aliphatic rings. The van der Waals surface area contributed by atoms with E-state index in [1.54, 1.807) is 0 Å². The number of nitrogen functional groups attached to an aromatic ring is 1. The molecule has 4 atom stereocenters. The monoisotopic (exact) mass is 369 g/mol. The first kappa shape index (κ1) is 20.1. The van der Waals surface area contributed by atoms with Crippen molar-refractivity contribution in [3.63, 3.8) is 0 Å². The van der Waals surface area contributed by atoms with E-state index in [-0.39, 0.29) is 24.0 Å². The zero-order chi connectivity index (χ0) is 19.4. The Labute approximate surface area is 150 Å². The number of carbonyl (C=O) groups is 1. The van der Waals surface area contributed by atoms with Gasteiger partial charge in [0.25, 0.3) is 5.56 Å². The van der Waals surface area contributed by atoms with Gasteiger partial charge in [0, 0.05) is 6.54 Å². The summed E-state index contributed by atoms with van der Waals surface area (Å²) >= 11 is 0. The first-order valence-corrected chi connectivity index (χ1v) is 8.56. The minimum absolute atomic E-state index is 0.0746. The smallest absolute Gasteiger partial charge is 0.278 e. The molecule has 1 aliphatic heterocycles. The molecule has 10 N–H and O–H groups in total. The fourth-order valence-corrected chi connectivity index (χ4v) is 2.97. The average Bonchev–Trinajstić information content (AvgIpc) is 2.59. The number of carbonyl (C=O) groups excluding carboxylic acids is 1. The Hall–Kier alpha value is -2.21. The van der Waals surface area contributed by atoms with Crippen LogP contribution in [0.5, 0.6) is 0 Å². The normalized spacial score (nSPS) is 20.0. The van der Waals surface area contributed by atoms with Crippen LogP contribution in [-0.2, 0) is 4.79 Å². The van der Waals surface area contributed by atoms with Gasteiger partial charge >= 0.3 is 0 Å². The highest BCUT2D eigenvalue weighted by Gasteiger charge is 2.41. The minimum atomic E-state index is -1.28. The van der Waals surface area contributed by atoms with Crippen molar-refractivity contribution < 1.29 is 15.0 Å². The summed E-state index contributed by atoms with van der Waals surface area (Å²) in [4.78, 5) is 32.8. The highest BCUT2D eigenvalue weighted by Crippen LogP contribution is 2.29. The van der Waals surface area contributed by atoms with Crippen LogP contribution in [0.4, 0.5) is 17.5 Å². The third kappa shape index (κ3) is 4.12. The fraction of sp³-hybridized carbons (Fsp3) is 0.667. The minimum Gasteiger partial charge on any atom is -0.391 e. The second-order valence-electron chi connectivity index (χ2n) is 6.43. The Morgan fingerprint density at radius 3 is 2.73 bits per heavy atom. The summed E-state index contributed by atoms with van der Waals surface area (Å²) in [5.41, 5.74) is 16.3. The second-order valence-corrected chi connectivity index (χ2v) is 6.43. The van der Waals surface area contributed by atoms with Gasteiger partial charge in [0.05, 0.1) is 18.2 Å². The Bertz CT molecular complexity index is 693. The van der Waals surface area contributed by atoms with E-state index in [0.29, 0.717) is 19.4 Å². The number of aliphatic hydroxyl groups excluding tert-OH is 2. The van der Waals surface area contributed by atoms with Crippen LogP contribution >= 0.6 is 0 Å². The molecule has 1 aromatic heterocycles. The summed E-state index contributed by atoms with van der Waals surface area (Å²) in [6, 6.07) is -1.77. The Kier molecular flexibility index (Phi) is 6.53. The number of H-pyrrole nitrogens is 1. The fourth-order valence-electron chi connectivity index (χ4n) is 2.97. The maximum Gasteiger partial charge on any atom is 0.278 e. The number of nitrogens with two attached hydrogens (primary N) is 3. The standard InChI is InChI=1S/C15H27N7O4/c1-7(23)11(24)9-6-19-12-10(13(25)21-15(18)20-12)22(9)14(26)8(17)4-2-3-5-16/h7-9,11,23-24H,2-6,16-17H2,1H3,(H4,18,19,20,21,25). The Morgan fingerprint density at radius 1 is 1.42 bits per heavy atom. The summed E-state index contributed by atoms with van der Waals surface area (Å²) in [7, 11) is 0. The van der Waals surface area contributed by atoms with Crippen LogP contribution in [0, 0.1) is 0 Å². The quantitative estimate of drug-likeness (QED) is 0.258. The molecule has 0 saturated heterocycles. The number of aliphatic hydroxyl groups is 2. The molecule has 1 aromatic rings. The third-order valence-electron chi connectivity index (χ3n) is 4.38. The predicted octanol–water partition coefficient (Wildman–Crippen LogP) is -2.32. The largest absolute Gasteiger partial charge is 0.391 e. The number of anilines is 3. The molecule has 1 amide bonds. The maximum atomic E-state index is 13.0. The van der Waals surface area contributed by atoms with Crippen molar-refractivity contribution in [2.45, 2.75) is 50.5 Å². The molecule has 0 saturated carbocycles. The van der Waals surface area contributed by atoms with E-state index in [9.17, 15) is 19.8 Å². The molecule has 0 aromatic carbocycles. The van der Waals surface area contributed by atoms with Gasteiger partial charge in [0.1, 0.15) is 6.10 Å². The lowest BCUT2D eigenvalue weighted by molar-refractivity contribution is -0.121. The molecule has 146 valence electrons. The molecular weight excluding hydrogens is 342 g/mol. The zero-order valence-corrected chi connectivity index (χ0v) is 14.7. The number of nitrogens with one attached hydrogen (secondary N) is 2. The number of hydrogen-bond donors (Lipinski definition) is 7. The molecule has 11 nitrogen and oxygen atoms in total. The Balaban J connectivity index is 2.41. The lowest BCUT2D eigenvalue weighted by Gasteiger charge is -2.40. The van der Waals surface area contributed by atoms with E-state index in [2.05, 4.69) is 15.3 Å². The number of aromatic nitrogens is 2. The van der Waals surface area contributed by atoms with Crippen LogP contribution in [0.1, 0.15) is 26.2 Å². The number of hydrogen-bond acceptors (Lipinski definition) is 9. The summed E-state index contributed by atoms with van der Waals surface area (Å²) in [6.07, 6.45) is -0.645. The van der Waals surface area contributed by atoms with Gasteiger partial charge in [-0.3, -0.25) is 19.5 Å². The van der Waals surface area contributed by atoms with Crippen molar-refractivity contribution in [1.29, 1.82) is 0 Å². The molecule has 0 bridgehead atoms. The van der Waals surface area contributed by atoms with E-state index in [0.717, 1.165) is 11.3 Å². The van der Waals surface area contributed by atoms with Crippen molar-refractivity contribution in [1.82, 2.24) is 9.97 Å². The summed E-state index contributed by atoms with van der Waals surface area (Å²) in [6.45, 7) is 1.97. The van der Waals surface area contributed by atoms with Crippen LogP contribution in [0.25, 0.3) is 0 Å². The highest BCUT2D eigenvalue weighted by molar-refractivity contribution is 6.00. The van der Waals surface area contributed by atoms with Gasteiger partial charge in [-0.05, 0) is 26.3 Å². The molecule has 0 fully saturated rings. The van der Waals surface area contributed by atoms with E-state index >= 15 is 0 Å². The van der Waals surface area contributed by atoms with E-state index < -0.39 is 35.8 Å². The van der Waals surface area contributed by atoms with Crippen molar-refractivity contribution in [2.24, 2.45) is 11.5 Å². The molecule has 0 radical (unpaired) electrons. The van der Waals surface area contributed by atoms with Crippen LogP contribution in [-0.4, -0.2) is 63.5 Å². The van der Waals surface area contributed by atoms with Gasteiger partial charge in [0.15, 0.2) is 11.5 Å². The molecule has 4 unspecified atom stereocenters. The number of fused-ring (bicyclic) bond motifs is 1. The molecule has 11 heteroatoms. The summed E-state index contributed by atoms with van der Waals surface area (Å²) in [5.74, 6) is -0.509. The van der Waals surface area contributed by atoms with Crippen LogP contribution in [0.3, 0.4) is 0 Å². The van der Waals surface area contributed by atoms with Crippen molar-refractivity contribution in [2.75, 3.05) is 29.0 Å². The first-order chi connectivity index (χ1) is 12.3.